The highest BCUT2D eigenvalue weighted by atomic mass is 19.4. The molecule has 0 spiro atoms. The summed E-state index contributed by atoms with van der Waals surface area (Å²) in [6, 6.07) is 3.71. The Hall–Kier alpha value is -2.09. The third-order valence-electron chi connectivity index (χ3n) is 5.51. The second-order valence-corrected chi connectivity index (χ2v) is 7.63. The number of carbonyl (C=O) groups is 2. The lowest BCUT2D eigenvalue weighted by Crippen LogP contribution is -2.50. The van der Waals surface area contributed by atoms with E-state index in [0.29, 0.717) is 31.7 Å². The standard InChI is InChI=1S/C20H25F3N2O3/c1-28-17-9-6-14(18(26)24-11-12-2-3-12)10-16(17)25-19(27)13-4-7-15(8-5-13)20(21,22)23/h4-5,7-8,12,14,16-17H,2-3,6,9-11H2,1H3,(H,24,26)(H,25,27)/t14-,16+,17+/m0/s1. The zero-order valence-corrected chi connectivity index (χ0v) is 15.7. The van der Waals surface area contributed by atoms with Gasteiger partial charge in [-0.05, 0) is 62.3 Å². The molecule has 0 radical (unpaired) electrons. The van der Waals surface area contributed by atoms with E-state index in [2.05, 4.69) is 10.6 Å². The van der Waals surface area contributed by atoms with Crippen LogP contribution in [0, 0.1) is 11.8 Å². The molecule has 154 valence electrons. The van der Waals surface area contributed by atoms with Gasteiger partial charge in [0.1, 0.15) is 0 Å². The van der Waals surface area contributed by atoms with Crippen LogP contribution in [0.1, 0.15) is 48.0 Å². The molecule has 0 bridgehead atoms. The topological polar surface area (TPSA) is 67.4 Å². The van der Waals surface area contributed by atoms with Gasteiger partial charge in [-0.25, -0.2) is 0 Å². The molecule has 0 unspecified atom stereocenters. The number of hydrogen-bond acceptors (Lipinski definition) is 3. The second-order valence-electron chi connectivity index (χ2n) is 7.63. The van der Waals surface area contributed by atoms with Crippen molar-refractivity contribution < 1.29 is 27.5 Å². The summed E-state index contributed by atoms with van der Waals surface area (Å²) in [5.41, 5.74) is -0.660. The molecule has 1 aromatic rings. The van der Waals surface area contributed by atoms with Gasteiger partial charge in [-0.3, -0.25) is 9.59 Å². The number of nitrogens with one attached hydrogen (secondary N) is 2. The molecule has 2 aliphatic rings. The third-order valence-corrected chi connectivity index (χ3v) is 5.51. The Bertz CT molecular complexity index is 702. The predicted octanol–water partition coefficient (Wildman–Crippen LogP) is 3.15. The van der Waals surface area contributed by atoms with Gasteiger partial charge < -0.3 is 15.4 Å². The van der Waals surface area contributed by atoms with E-state index >= 15 is 0 Å². The molecule has 5 nitrogen and oxygen atoms in total. The molecule has 0 heterocycles. The minimum atomic E-state index is -4.44. The molecule has 3 rings (SSSR count). The minimum Gasteiger partial charge on any atom is -0.379 e. The van der Waals surface area contributed by atoms with Gasteiger partial charge in [0.05, 0.1) is 17.7 Å². The van der Waals surface area contributed by atoms with Crippen LogP contribution in [0.15, 0.2) is 24.3 Å². The van der Waals surface area contributed by atoms with Crippen LogP contribution < -0.4 is 10.6 Å². The van der Waals surface area contributed by atoms with Gasteiger partial charge in [-0.2, -0.15) is 13.2 Å². The van der Waals surface area contributed by atoms with Gasteiger partial charge >= 0.3 is 6.18 Å². The van der Waals surface area contributed by atoms with Gasteiger partial charge in [0.2, 0.25) is 5.91 Å². The van der Waals surface area contributed by atoms with Crippen molar-refractivity contribution in [3.05, 3.63) is 35.4 Å². The molecule has 8 heteroatoms. The fourth-order valence-corrected chi connectivity index (χ4v) is 3.59. The van der Waals surface area contributed by atoms with Crippen molar-refractivity contribution in [3.8, 4) is 0 Å². The van der Waals surface area contributed by atoms with Crippen molar-refractivity contribution >= 4 is 11.8 Å². The number of ether oxygens (including phenoxy) is 1. The summed E-state index contributed by atoms with van der Waals surface area (Å²) in [5, 5.41) is 5.81. The summed E-state index contributed by atoms with van der Waals surface area (Å²) in [5.74, 6) is -0.0902. The van der Waals surface area contributed by atoms with Gasteiger partial charge in [0.15, 0.2) is 0 Å². The van der Waals surface area contributed by atoms with Gasteiger partial charge in [0, 0.05) is 25.1 Å². The highest BCUT2D eigenvalue weighted by molar-refractivity contribution is 5.94. The first-order valence-corrected chi connectivity index (χ1v) is 9.56. The van der Waals surface area contributed by atoms with E-state index in [9.17, 15) is 22.8 Å². The first-order valence-electron chi connectivity index (χ1n) is 9.56. The van der Waals surface area contributed by atoms with Crippen LogP contribution in [-0.2, 0) is 15.7 Å². The van der Waals surface area contributed by atoms with Crippen LogP contribution in [0.4, 0.5) is 13.2 Å². The molecule has 2 aliphatic carbocycles. The number of hydrogen-bond donors (Lipinski definition) is 2. The van der Waals surface area contributed by atoms with Gasteiger partial charge in [-0.15, -0.1) is 0 Å². The molecule has 0 aromatic heterocycles. The normalized spacial score (nSPS) is 25.2. The van der Waals surface area contributed by atoms with Crippen molar-refractivity contribution in [2.45, 2.75) is 50.4 Å². The number of alkyl halides is 3. The lowest BCUT2D eigenvalue weighted by atomic mass is 9.83. The average Bonchev–Trinajstić information content (AvgIpc) is 3.50. The summed E-state index contributed by atoms with van der Waals surface area (Å²) < 4.78 is 43.5. The zero-order valence-electron chi connectivity index (χ0n) is 15.7. The first-order chi connectivity index (χ1) is 13.3. The molecule has 0 saturated heterocycles. The number of rotatable bonds is 6. The zero-order chi connectivity index (χ0) is 20.3. The Labute approximate surface area is 162 Å². The Morgan fingerprint density at radius 3 is 2.36 bits per heavy atom. The van der Waals surface area contributed by atoms with E-state index in [4.69, 9.17) is 4.74 Å². The van der Waals surface area contributed by atoms with Crippen molar-refractivity contribution in [1.29, 1.82) is 0 Å². The number of carbonyl (C=O) groups excluding carboxylic acids is 2. The van der Waals surface area contributed by atoms with Crippen LogP contribution >= 0.6 is 0 Å². The lowest BCUT2D eigenvalue weighted by Gasteiger charge is -2.35. The van der Waals surface area contributed by atoms with Crippen LogP contribution in [0.3, 0.4) is 0 Å². The van der Waals surface area contributed by atoms with E-state index in [1.807, 2.05) is 0 Å². The Kier molecular flexibility index (Phi) is 6.27. The molecule has 1 aromatic carbocycles. The maximum absolute atomic E-state index is 12.7. The van der Waals surface area contributed by atoms with Crippen molar-refractivity contribution in [2.24, 2.45) is 11.8 Å². The SMILES string of the molecule is CO[C@@H]1CC[C@H](C(=O)NCC2CC2)C[C@H]1NC(=O)c1ccc(C(F)(F)F)cc1. The monoisotopic (exact) mass is 398 g/mol. The molecular weight excluding hydrogens is 373 g/mol. The second kappa shape index (κ2) is 8.51. The summed E-state index contributed by atoms with van der Waals surface area (Å²) in [6.45, 7) is 0.700. The van der Waals surface area contributed by atoms with E-state index in [0.717, 1.165) is 37.1 Å². The van der Waals surface area contributed by atoms with Crippen molar-refractivity contribution in [2.75, 3.05) is 13.7 Å². The van der Waals surface area contributed by atoms with Crippen molar-refractivity contribution in [3.63, 3.8) is 0 Å². The van der Waals surface area contributed by atoms with Crippen LogP contribution in [-0.4, -0.2) is 37.6 Å². The van der Waals surface area contributed by atoms with E-state index in [1.165, 1.54) is 0 Å². The highest BCUT2D eigenvalue weighted by Crippen LogP contribution is 2.31. The maximum atomic E-state index is 12.7. The van der Waals surface area contributed by atoms with Crippen molar-refractivity contribution in [1.82, 2.24) is 10.6 Å². The quantitative estimate of drug-likeness (QED) is 0.774. The molecule has 2 saturated carbocycles. The first kappa shape index (κ1) is 20.6. The molecular formula is C20H25F3N2O3. The summed E-state index contributed by atoms with van der Waals surface area (Å²) in [6.07, 6.45) is -0.601. The van der Waals surface area contributed by atoms with Gasteiger partial charge in [0.25, 0.3) is 5.91 Å². The van der Waals surface area contributed by atoms with Crippen LogP contribution in [0.2, 0.25) is 0 Å². The number of amides is 2. The molecule has 2 N–H and O–H groups in total. The molecule has 0 aliphatic heterocycles. The minimum absolute atomic E-state index is 0.00441. The van der Waals surface area contributed by atoms with Crippen LogP contribution in [0.25, 0.3) is 0 Å². The fraction of sp³-hybridized carbons (Fsp3) is 0.600. The average molecular weight is 398 g/mol. The summed E-state index contributed by atoms with van der Waals surface area (Å²) >= 11 is 0. The Balaban J connectivity index is 1.60. The van der Waals surface area contributed by atoms with E-state index in [-0.39, 0.29) is 29.5 Å². The van der Waals surface area contributed by atoms with E-state index in [1.54, 1.807) is 7.11 Å². The smallest absolute Gasteiger partial charge is 0.379 e. The number of methoxy groups -OCH3 is 1. The van der Waals surface area contributed by atoms with Gasteiger partial charge in [-0.1, -0.05) is 0 Å². The lowest BCUT2D eigenvalue weighted by molar-refractivity contribution is -0.137. The molecule has 3 atom stereocenters. The Morgan fingerprint density at radius 1 is 1.11 bits per heavy atom. The molecule has 2 fully saturated rings. The Morgan fingerprint density at radius 2 is 1.79 bits per heavy atom. The van der Waals surface area contributed by atoms with Crippen LogP contribution in [0.5, 0.6) is 0 Å². The maximum Gasteiger partial charge on any atom is 0.416 e. The summed E-state index contributed by atoms with van der Waals surface area (Å²) in [7, 11) is 1.55. The molecule has 2 amide bonds. The largest absolute Gasteiger partial charge is 0.416 e. The highest BCUT2D eigenvalue weighted by Gasteiger charge is 2.36. The summed E-state index contributed by atoms with van der Waals surface area (Å²) in [4.78, 5) is 24.9. The number of halogens is 3. The van der Waals surface area contributed by atoms with E-state index < -0.39 is 17.6 Å². The molecule has 28 heavy (non-hydrogen) atoms. The number of benzene rings is 1. The predicted molar refractivity (Wildman–Crippen MR) is 96.6 cm³/mol. The third kappa shape index (κ3) is 5.25. The fourth-order valence-electron chi connectivity index (χ4n) is 3.59.